The van der Waals surface area contributed by atoms with Crippen molar-refractivity contribution in [2.24, 2.45) is 0 Å². The van der Waals surface area contributed by atoms with Crippen LogP contribution in [0.2, 0.25) is 0 Å². The van der Waals surface area contributed by atoms with Crippen molar-refractivity contribution < 1.29 is 5.11 Å². The van der Waals surface area contributed by atoms with Crippen LogP contribution in [0.15, 0.2) is 12.5 Å². The molecule has 0 amide bonds. The first-order chi connectivity index (χ1) is 6.25. The molecule has 4 heteroatoms. The van der Waals surface area contributed by atoms with Crippen LogP contribution in [0.3, 0.4) is 0 Å². The molecule has 1 saturated carbocycles. The Morgan fingerprint density at radius 3 is 2.62 bits per heavy atom. The Kier molecular flexibility index (Phi) is 2.22. The summed E-state index contributed by atoms with van der Waals surface area (Å²) < 4.78 is 2.06. The second kappa shape index (κ2) is 3.38. The van der Waals surface area contributed by atoms with Crippen molar-refractivity contribution in [3.63, 3.8) is 0 Å². The summed E-state index contributed by atoms with van der Waals surface area (Å²) in [6.45, 7) is 0. The van der Waals surface area contributed by atoms with Crippen LogP contribution in [0, 0.1) is 0 Å². The molecule has 1 aliphatic rings. The molecule has 4 nitrogen and oxygen atoms in total. The van der Waals surface area contributed by atoms with Gasteiger partial charge in [-0.05, 0) is 25.7 Å². The van der Waals surface area contributed by atoms with Crippen LogP contribution in [-0.2, 0) is 0 Å². The first-order valence-corrected chi connectivity index (χ1v) is 4.72. The number of hydrogen-bond donors (Lipinski definition) is 2. The van der Waals surface area contributed by atoms with Crippen LogP contribution in [0.25, 0.3) is 0 Å². The number of aromatic nitrogens is 2. The summed E-state index contributed by atoms with van der Waals surface area (Å²) in [5, 5.41) is 9.33. The third kappa shape index (κ3) is 1.83. The molecule has 0 saturated heterocycles. The zero-order valence-electron chi connectivity index (χ0n) is 7.56. The lowest BCUT2D eigenvalue weighted by atomic mass is 9.93. The number of imidazole rings is 1. The molecule has 3 N–H and O–H groups in total. The lowest BCUT2D eigenvalue weighted by Crippen LogP contribution is -2.20. The van der Waals surface area contributed by atoms with E-state index in [-0.39, 0.29) is 6.10 Å². The lowest BCUT2D eigenvalue weighted by Gasteiger charge is -2.26. The zero-order chi connectivity index (χ0) is 9.26. The van der Waals surface area contributed by atoms with Crippen molar-refractivity contribution in [2.75, 3.05) is 5.73 Å². The van der Waals surface area contributed by atoms with Gasteiger partial charge in [-0.2, -0.15) is 0 Å². The van der Waals surface area contributed by atoms with Gasteiger partial charge in [-0.3, -0.25) is 0 Å². The number of nitrogen functional groups attached to an aromatic ring is 1. The number of aliphatic hydroxyl groups is 1. The number of nitrogens with zero attached hydrogens (tertiary/aromatic N) is 2. The molecule has 1 aliphatic carbocycles. The van der Waals surface area contributed by atoms with Gasteiger partial charge in [-0.15, -0.1) is 0 Å². The number of rotatable bonds is 1. The molecule has 0 radical (unpaired) electrons. The Morgan fingerprint density at radius 1 is 1.38 bits per heavy atom. The van der Waals surface area contributed by atoms with Gasteiger partial charge in [-0.1, -0.05) is 0 Å². The van der Waals surface area contributed by atoms with E-state index in [0.717, 1.165) is 25.7 Å². The molecule has 13 heavy (non-hydrogen) atoms. The average Bonchev–Trinajstić information content (AvgIpc) is 2.53. The summed E-state index contributed by atoms with van der Waals surface area (Å²) in [6.07, 6.45) is 7.37. The first-order valence-electron chi connectivity index (χ1n) is 4.72. The van der Waals surface area contributed by atoms with Crippen molar-refractivity contribution in [3.05, 3.63) is 12.5 Å². The Balaban J connectivity index is 2.02. The highest BCUT2D eigenvalue weighted by molar-refractivity contribution is 5.22. The Morgan fingerprint density at radius 2 is 2.08 bits per heavy atom. The minimum absolute atomic E-state index is 0.0999. The predicted molar refractivity (Wildman–Crippen MR) is 50.2 cm³/mol. The molecule has 2 rings (SSSR count). The van der Waals surface area contributed by atoms with Crippen LogP contribution in [0.5, 0.6) is 0 Å². The van der Waals surface area contributed by atoms with Crippen molar-refractivity contribution >= 4 is 5.82 Å². The van der Waals surface area contributed by atoms with E-state index in [1.807, 2.05) is 6.20 Å². The van der Waals surface area contributed by atoms with Crippen molar-refractivity contribution in [2.45, 2.75) is 37.8 Å². The van der Waals surface area contributed by atoms with E-state index in [1.165, 1.54) is 0 Å². The molecule has 1 heterocycles. The second-order valence-corrected chi connectivity index (χ2v) is 3.71. The number of hydrogen-bond acceptors (Lipinski definition) is 3. The maximum atomic E-state index is 9.33. The van der Waals surface area contributed by atoms with Gasteiger partial charge in [0.15, 0.2) is 0 Å². The highest BCUT2D eigenvalue weighted by Crippen LogP contribution is 2.28. The standard InChI is InChI=1S/C9H15N3O/c10-9-5-12(6-11-9)7-1-3-8(13)4-2-7/h5-8,13H,1-4,10H2/t7-,8-. The first kappa shape index (κ1) is 8.56. The zero-order valence-corrected chi connectivity index (χ0v) is 7.56. The maximum absolute atomic E-state index is 9.33. The second-order valence-electron chi connectivity index (χ2n) is 3.71. The van der Waals surface area contributed by atoms with E-state index in [0.29, 0.717) is 11.9 Å². The molecular weight excluding hydrogens is 166 g/mol. The van der Waals surface area contributed by atoms with E-state index in [4.69, 9.17) is 5.73 Å². The van der Waals surface area contributed by atoms with E-state index >= 15 is 0 Å². The summed E-state index contributed by atoms with van der Waals surface area (Å²) in [6, 6.07) is 0.480. The lowest BCUT2D eigenvalue weighted by molar-refractivity contribution is 0.110. The summed E-state index contributed by atoms with van der Waals surface area (Å²) in [5.41, 5.74) is 5.53. The third-order valence-corrected chi connectivity index (χ3v) is 2.71. The van der Waals surface area contributed by atoms with Gasteiger partial charge in [0.2, 0.25) is 0 Å². The molecule has 1 fully saturated rings. The molecule has 0 unspecified atom stereocenters. The number of nitrogens with two attached hydrogens (primary N) is 1. The van der Waals surface area contributed by atoms with Crippen molar-refractivity contribution in [3.8, 4) is 0 Å². The van der Waals surface area contributed by atoms with E-state index in [1.54, 1.807) is 6.33 Å². The van der Waals surface area contributed by atoms with Crippen LogP contribution in [0.4, 0.5) is 5.82 Å². The molecule has 0 atom stereocenters. The molecular formula is C9H15N3O. The third-order valence-electron chi connectivity index (χ3n) is 2.71. The molecule has 1 aromatic heterocycles. The smallest absolute Gasteiger partial charge is 0.141 e. The molecule has 72 valence electrons. The predicted octanol–water partition coefficient (Wildman–Crippen LogP) is 0.941. The van der Waals surface area contributed by atoms with Gasteiger partial charge in [0.25, 0.3) is 0 Å². The topological polar surface area (TPSA) is 64.1 Å². The van der Waals surface area contributed by atoms with E-state index in [9.17, 15) is 5.11 Å². The molecule has 0 aliphatic heterocycles. The van der Waals surface area contributed by atoms with Gasteiger partial charge in [0.05, 0.1) is 12.4 Å². The summed E-state index contributed by atoms with van der Waals surface area (Å²) in [5.74, 6) is 0.575. The summed E-state index contributed by atoms with van der Waals surface area (Å²) >= 11 is 0. The van der Waals surface area contributed by atoms with Crippen LogP contribution >= 0.6 is 0 Å². The highest BCUT2D eigenvalue weighted by Gasteiger charge is 2.20. The largest absolute Gasteiger partial charge is 0.393 e. The summed E-state index contributed by atoms with van der Waals surface area (Å²) in [7, 11) is 0. The normalized spacial score (nSPS) is 29.0. The average molecular weight is 181 g/mol. The van der Waals surface area contributed by atoms with Gasteiger partial charge in [-0.25, -0.2) is 4.98 Å². The Bertz CT molecular complexity index is 276. The van der Waals surface area contributed by atoms with E-state index in [2.05, 4.69) is 9.55 Å². The van der Waals surface area contributed by atoms with E-state index < -0.39 is 0 Å². The van der Waals surface area contributed by atoms with Gasteiger partial charge in [0, 0.05) is 12.2 Å². The van der Waals surface area contributed by atoms with Crippen LogP contribution in [-0.4, -0.2) is 20.8 Å². The minimum atomic E-state index is -0.0999. The van der Waals surface area contributed by atoms with Crippen molar-refractivity contribution in [1.29, 1.82) is 0 Å². The molecule has 1 aromatic rings. The number of aliphatic hydroxyl groups excluding tert-OH is 1. The Hall–Kier alpha value is -1.03. The fourth-order valence-electron chi connectivity index (χ4n) is 1.91. The molecule has 0 spiro atoms. The Labute approximate surface area is 77.4 Å². The molecule has 0 aromatic carbocycles. The van der Waals surface area contributed by atoms with Gasteiger partial charge >= 0.3 is 0 Å². The van der Waals surface area contributed by atoms with Crippen LogP contribution < -0.4 is 5.73 Å². The van der Waals surface area contributed by atoms with Crippen LogP contribution in [0.1, 0.15) is 31.7 Å². The highest BCUT2D eigenvalue weighted by atomic mass is 16.3. The monoisotopic (exact) mass is 181 g/mol. The number of anilines is 1. The summed E-state index contributed by atoms with van der Waals surface area (Å²) in [4.78, 5) is 3.99. The SMILES string of the molecule is Nc1cn([C@H]2CC[C@H](O)CC2)cn1. The maximum Gasteiger partial charge on any atom is 0.141 e. The minimum Gasteiger partial charge on any atom is -0.393 e. The van der Waals surface area contributed by atoms with Crippen molar-refractivity contribution in [1.82, 2.24) is 9.55 Å². The fraction of sp³-hybridized carbons (Fsp3) is 0.667. The van der Waals surface area contributed by atoms with Gasteiger partial charge in [0.1, 0.15) is 5.82 Å². The molecule has 0 bridgehead atoms. The van der Waals surface area contributed by atoms with Gasteiger partial charge < -0.3 is 15.4 Å². The quantitative estimate of drug-likeness (QED) is 0.677. The fourth-order valence-corrected chi connectivity index (χ4v) is 1.91.